The Hall–Kier alpha value is -3.70. The Morgan fingerprint density at radius 1 is 1.14 bits per heavy atom. The molecule has 0 spiro atoms. The van der Waals surface area contributed by atoms with Crippen molar-refractivity contribution >= 4 is 39.9 Å². The first-order valence-corrected chi connectivity index (χ1v) is 12.7. The molecule has 182 valence electrons. The zero-order chi connectivity index (χ0) is 24.6. The molecule has 0 radical (unpaired) electrons. The highest BCUT2D eigenvalue weighted by atomic mass is 35.5. The first-order chi connectivity index (χ1) is 17.6. The summed E-state index contributed by atoms with van der Waals surface area (Å²) < 4.78 is 17.5. The maximum atomic E-state index is 14.9. The maximum Gasteiger partial charge on any atom is 0.280 e. The van der Waals surface area contributed by atoms with Gasteiger partial charge in [0.05, 0.1) is 35.9 Å². The maximum absolute atomic E-state index is 14.9. The number of nitrogens with zero attached hydrogens (tertiary/aromatic N) is 7. The van der Waals surface area contributed by atoms with Gasteiger partial charge >= 0.3 is 0 Å². The fourth-order valence-electron chi connectivity index (χ4n) is 4.77. The highest BCUT2D eigenvalue weighted by Crippen LogP contribution is 2.37. The summed E-state index contributed by atoms with van der Waals surface area (Å²) in [6.45, 7) is 0. The van der Waals surface area contributed by atoms with Gasteiger partial charge in [-0.05, 0) is 37.8 Å². The van der Waals surface area contributed by atoms with Crippen LogP contribution in [0.3, 0.4) is 0 Å². The monoisotopic (exact) mass is 522 g/mol. The Morgan fingerprint density at radius 2 is 1.97 bits per heavy atom. The van der Waals surface area contributed by atoms with E-state index in [9.17, 15) is 9.18 Å². The number of nitrogens with one attached hydrogen (secondary N) is 1. The van der Waals surface area contributed by atoms with E-state index in [4.69, 9.17) is 16.6 Å². The number of carbonyl (C=O) groups excluding carboxylic acids is 1. The molecule has 1 N–H and O–H groups in total. The van der Waals surface area contributed by atoms with Crippen molar-refractivity contribution in [2.75, 3.05) is 0 Å². The van der Waals surface area contributed by atoms with Gasteiger partial charge < -0.3 is 9.88 Å². The molecular formula is C24H20ClFN8OS. The minimum absolute atomic E-state index is 0.0237. The van der Waals surface area contributed by atoms with Crippen molar-refractivity contribution < 1.29 is 9.18 Å². The molecule has 1 amide bonds. The van der Waals surface area contributed by atoms with Crippen LogP contribution in [0.25, 0.3) is 28.2 Å². The minimum Gasteiger partial charge on any atom is -0.347 e. The topological polar surface area (TPSA) is 103 Å². The zero-order valence-corrected chi connectivity index (χ0v) is 20.5. The first-order valence-electron chi connectivity index (χ1n) is 11.5. The number of aromatic nitrogens is 7. The van der Waals surface area contributed by atoms with Gasteiger partial charge in [0.15, 0.2) is 10.8 Å². The second-order valence-electron chi connectivity index (χ2n) is 8.60. The number of pyridine rings is 1. The number of amides is 1. The predicted molar refractivity (Wildman–Crippen MR) is 134 cm³/mol. The van der Waals surface area contributed by atoms with Gasteiger partial charge in [0.2, 0.25) is 0 Å². The highest BCUT2D eigenvalue weighted by molar-refractivity contribution is 7.17. The Morgan fingerprint density at radius 3 is 2.75 bits per heavy atom. The lowest BCUT2D eigenvalue weighted by Gasteiger charge is -2.32. The van der Waals surface area contributed by atoms with E-state index >= 15 is 0 Å². The summed E-state index contributed by atoms with van der Waals surface area (Å²) in [6.07, 6.45) is 9.55. The Bertz CT molecular complexity index is 1550. The Kier molecular flexibility index (Phi) is 5.94. The number of carbonyl (C=O) groups is 1. The van der Waals surface area contributed by atoms with Gasteiger partial charge in [-0.25, -0.2) is 19.3 Å². The second kappa shape index (κ2) is 9.40. The van der Waals surface area contributed by atoms with Crippen LogP contribution >= 0.6 is 22.9 Å². The van der Waals surface area contributed by atoms with Gasteiger partial charge in [-0.15, -0.1) is 4.80 Å². The number of benzene rings is 1. The lowest BCUT2D eigenvalue weighted by molar-refractivity contribution is 0.0920. The van der Waals surface area contributed by atoms with E-state index in [1.165, 1.54) is 17.1 Å². The molecule has 12 heteroatoms. The summed E-state index contributed by atoms with van der Waals surface area (Å²) in [5.74, 6) is 0.477. The average molecular weight is 523 g/mol. The summed E-state index contributed by atoms with van der Waals surface area (Å²) in [5, 5.41) is 11.8. The molecule has 0 bridgehead atoms. The van der Waals surface area contributed by atoms with Gasteiger partial charge in [0, 0.05) is 18.2 Å². The van der Waals surface area contributed by atoms with E-state index < -0.39 is 0 Å². The quantitative estimate of drug-likeness (QED) is 0.354. The van der Waals surface area contributed by atoms with Crippen molar-refractivity contribution in [1.29, 1.82) is 0 Å². The van der Waals surface area contributed by atoms with Crippen LogP contribution in [0.15, 0.2) is 55.1 Å². The minimum atomic E-state index is -0.350. The summed E-state index contributed by atoms with van der Waals surface area (Å²) in [6, 6.07) is 8.38. The molecule has 5 aromatic rings. The SMILES string of the molecule is O=C(N[C@H]1CCC[C@@H](n2c(-c3ccccc3F)nc3cnc(-n4nccn4)cc32)C1)c1ncc(Cl)s1. The van der Waals surface area contributed by atoms with Gasteiger partial charge in [0.1, 0.15) is 21.5 Å². The summed E-state index contributed by atoms with van der Waals surface area (Å²) in [4.78, 5) is 27.5. The third kappa shape index (κ3) is 4.24. The van der Waals surface area contributed by atoms with E-state index in [1.807, 2.05) is 6.07 Å². The van der Waals surface area contributed by atoms with Crippen LogP contribution in [0, 0.1) is 5.82 Å². The predicted octanol–water partition coefficient (Wildman–Crippen LogP) is 4.84. The number of hydrogen-bond acceptors (Lipinski definition) is 7. The van der Waals surface area contributed by atoms with Crippen LogP contribution in [0.4, 0.5) is 4.39 Å². The van der Waals surface area contributed by atoms with Crippen LogP contribution in [0.1, 0.15) is 41.5 Å². The molecule has 4 heterocycles. The fraction of sp³-hybridized carbons (Fsp3) is 0.250. The van der Waals surface area contributed by atoms with Crippen molar-refractivity contribution in [2.45, 2.75) is 37.8 Å². The lowest BCUT2D eigenvalue weighted by atomic mass is 9.90. The molecule has 0 saturated heterocycles. The number of rotatable bonds is 5. The van der Waals surface area contributed by atoms with E-state index in [2.05, 4.69) is 30.0 Å². The second-order valence-corrected chi connectivity index (χ2v) is 10.3. The molecule has 0 unspecified atom stereocenters. The van der Waals surface area contributed by atoms with Gasteiger partial charge in [-0.2, -0.15) is 10.2 Å². The molecule has 1 fully saturated rings. The third-order valence-corrected chi connectivity index (χ3v) is 7.43. The number of halogens is 2. The van der Waals surface area contributed by atoms with Crippen LogP contribution in [-0.2, 0) is 0 Å². The molecule has 1 aliphatic rings. The van der Waals surface area contributed by atoms with Crippen molar-refractivity contribution in [3.63, 3.8) is 0 Å². The fourth-order valence-corrected chi connectivity index (χ4v) is 5.58. The molecule has 2 atom stereocenters. The first kappa shape index (κ1) is 22.7. The third-order valence-electron chi connectivity index (χ3n) is 6.32. The van der Waals surface area contributed by atoms with E-state index in [0.29, 0.717) is 38.5 Å². The van der Waals surface area contributed by atoms with E-state index in [0.717, 1.165) is 36.1 Å². The van der Waals surface area contributed by atoms with Crippen molar-refractivity contribution in [3.8, 4) is 17.2 Å². The highest BCUT2D eigenvalue weighted by Gasteiger charge is 2.29. The largest absolute Gasteiger partial charge is 0.347 e. The molecule has 1 aromatic carbocycles. The van der Waals surface area contributed by atoms with Gasteiger partial charge in [-0.1, -0.05) is 35.1 Å². The number of hydrogen-bond donors (Lipinski definition) is 1. The van der Waals surface area contributed by atoms with Crippen LogP contribution < -0.4 is 5.32 Å². The summed E-state index contributed by atoms with van der Waals surface area (Å²) >= 11 is 7.10. The van der Waals surface area contributed by atoms with E-state index in [1.54, 1.807) is 36.8 Å². The van der Waals surface area contributed by atoms with Crippen molar-refractivity contribution in [2.24, 2.45) is 0 Å². The van der Waals surface area contributed by atoms with Crippen LogP contribution in [-0.4, -0.2) is 46.5 Å². The molecular weight excluding hydrogens is 503 g/mol. The smallest absolute Gasteiger partial charge is 0.280 e. The molecule has 1 saturated carbocycles. The molecule has 0 aliphatic heterocycles. The molecule has 6 rings (SSSR count). The van der Waals surface area contributed by atoms with Gasteiger partial charge in [0.25, 0.3) is 5.91 Å². The summed E-state index contributed by atoms with van der Waals surface area (Å²) in [5.41, 5.74) is 1.86. The van der Waals surface area contributed by atoms with E-state index in [-0.39, 0.29) is 23.8 Å². The zero-order valence-electron chi connectivity index (χ0n) is 18.9. The Labute approximate surface area is 214 Å². The van der Waals surface area contributed by atoms with Crippen molar-refractivity contribution in [3.05, 3.63) is 70.3 Å². The standard InChI is InChI=1S/C24H20ClFN8OS/c25-20-13-28-24(36-20)23(35)31-14-4-3-5-15(10-14)33-19-11-21(34-29-8-9-30-34)27-12-18(19)32-22(33)16-6-1-2-7-17(16)26/h1-2,6-9,11-15H,3-5,10H2,(H,31,35)/t14-,15+/m0/s1. The van der Waals surface area contributed by atoms with Gasteiger partial charge in [-0.3, -0.25) is 4.79 Å². The summed E-state index contributed by atoms with van der Waals surface area (Å²) in [7, 11) is 0. The Balaban J connectivity index is 1.40. The average Bonchev–Trinajstić information content (AvgIpc) is 3.64. The number of thiazole rings is 1. The molecule has 4 aromatic heterocycles. The normalized spacial score (nSPS) is 17.9. The number of imidazole rings is 1. The molecule has 36 heavy (non-hydrogen) atoms. The van der Waals surface area contributed by atoms with Crippen LogP contribution in [0.2, 0.25) is 4.34 Å². The molecule has 9 nitrogen and oxygen atoms in total. The lowest BCUT2D eigenvalue weighted by Crippen LogP contribution is -2.39. The molecule has 1 aliphatic carbocycles. The number of fused-ring (bicyclic) bond motifs is 1. The van der Waals surface area contributed by atoms with Crippen molar-refractivity contribution in [1.82, 2.24) is 39.8 Å². The van der Waals surface area contributed by atoms with Crippen LogP contribution in [0.5, 0.6) is 0 Å².